The number of rotatable bonds is 5. The van der Waals surface area contributed by atoms with Crippen molar-refractivity contribution in [2.45, 2.75) is 32.2 Å². The molecule has 1 saturated heterocycles. The molecule has 0 bridgehead atoms. The molecule has 1 aromatic carbocycles. The Morgan fingerprint density at radius 2 is 1.91 bits per heavy atom. The molecule has 0 aromatic heterocycles. The van der Waals surface area contributed by atoms with Crippen LogP contribution in [0.25, 0.3) is 0 Å². The van der Waals surface area contributed by atoms with Crippen LogP contribution < -0.4 is 10.6 Å². The van der Waals surface area contributed by atoms with Gasteiger partial charge in [0.25, 0.3) is 0 Å². The van der Waals surface area contributed by atoms with E-state index in [1.165, 1.54) is 21.7 Å². The van der Waals surface area contributed by atoms with E-state index in [9.17, 15) is 13.2 Å². The third-order valence-electron chi connectivity index (χ3n) is 4.20. The summed E-state index contributed by atoms with van der Waals surface area (Å²) < 4.78 is 24.3. The van der Waals surface area contributed by atoms with E-state index in [1.54, 1.807) is 0 Å². The number of piperidine rings is 1. The smallest absolute Gasteiger partial charge is 0.315 e. The number of hydrogen-bond acceptors (Lipinski definition) is 3. The van der Waals surface area contributed by atoms with Crippen LogP contribution in [0.2, 0.25) is 0 Å². The average molecular weight is 339 g/mol. The van der Waals surface area contributed by atoms with Crippen LogP contribution in [-0.4, -0.2) is 50.7 Å². The molecule has 128 valence electrons. The maximum Gasteiger partial charge on any atom is 0.315 e. The minimum Gasteiger partial charge on any atom is -0.338 e. The molecule has 23 heavy (non-hydrogen) atoms. The molecule has 2 amide bonds. The van der Waals surface area contributed by atoms with Gasteiger partial charge in [0.2, 0.25) is 10.0 Å². The van der Waals surface area contributed by atoms with E-state index in [0.717, 1.165) is 6.42 Å². The predicted molar refractivity (Wildman–Crippen MR) is 90.9 cm³/mol. The molecule has 1 aromatic rings. The SMILES string of the molecule is Cc1ccccc1CCNC(=O)NC1CCN(S(C)(=O)=O)CC1. The third kappa shape index (κ3) is 5.51. The maximum atomic E-state index is 11.9. The average Bonchev–Trinajstić information content (AvgIpc) is 2.49. The van der Waals surface area contributed by atoms with Crippen LogP contribution in [0.3, 0.4) is 0 Å². The van der Waals surface area contributed by atoms with Crippen molar-refractivity contribution in [3.63, 3.8) is 0 Å². The topological polar surface area (TPSA) is 78.5 Å². The lowest BCUT2D eigenvalue weighted by Gasteiger charge is -2.30. The van der Waals surface area contributed by atoms with Crippen molar-refractivity contribution >= 4 is 16.1 Å². The molecule has 1 aliphatic heterocycles. The van der Waals surface area contributed by atoms with Crippen LogP contribution in [-0.2, 0) is 16.4 Å². The van der Waals surface area contributed by atoms with Gasteiger partial charge in [-0.3, -0.25) is 0 Å². The van der Waals surface area contributed by atoms with E-state index in [-0.39, 0.29) is 12.1 Å². The van der Waals surface area contributed by atoms with E-state index in [0.29, 0.717) is 32.5 Å². The molecule has 0 aliphatic carbocycles. The number of benzene rings is 1. The lowest BCUT2D eigenvalue weighted by molar-refractivity contribution is 0.228. The minimum absolute atomic E-state index is 0.0338. The van der Waals surface area contributed by atoms with Crippen molar-refractivity contribution in [3.8, 4) is 0 Å². The van der Waals surface area contributed by atoms with E-state index < -0.39 is 10.0 Å². The Hall–Kier alpha value is -1.60. The van der Waals surface area contributed by atoms with Gasteiger partial charge in [0.1, 0.15) is 0 Å². The second-order valence-electron chi connectivity index (χ2n) is 6.01. The maximum absolute atomic E-state index is 11.9. The zero-order valence-corrected chi connectivity index (χ0v) is 14.5. The van der Waals surface area contributed by atoms with Gasteiger partial charge in [0, 0.05) is 25.7 Å². The molecule has 0 saturated carbocycles. The second-order valence-corrected chi connectivity index (χ2v) is 8.00. The standard InChI is InChI=1S/C16H25N3O3S/c1-13-5-3-4-6-14(13)7-10-17-16(20)18-15-8-11-19(12-9-15)23(2,21)22/h3-6,15H,7-12H2,1-2H3,(H2,17,18,20). The van der Waals surface area contributed by atoms with Gasteiger partial charge < -0.3 is 10.6 Å². The van der Waals surface area contributed by atoms with Crippen molar-refractivity contribution in [2.75, 3.05) is 25.9 Å². The summed E-state index contributed by atoms with van der Waals surface area (Å²) in [5.41, 5.74) is 2.46. The molecule has 0 spiro atoms. The molecule has 1 heterocycles. The summed E-state index contributed by atoms with van der Waals surface area (Å²) in [6.45, 7) is 3.57. The van der Waals surface area contributed by atoms with Crippen molar-refractivity contribution in [3.05, 3.63) is 35.4 Å². The number of carbonyl (C=O) groups excluding carboxylic acids is 1. The monoisotopic (exact) mass is 339 g/mol. The second kappa shape index (κ2) is 7.79. The van der Waals surface area contributed by atoms with E-state index in [4.69, 9.17) is 0 Å². The fourth-order valence-electron chi connectivity index (χ4n) is 2.77. The highest BCUT2D eigenvalue weighted by atomic mass is 32.2. The molecule has 0 unspecified atom stereocenters. The normalized spacial score (nSPS) is 17.0. The number of nitrogens with zero attached hydrogens (tertiary/aromatic N) is 1. The summed E-state index contributed by atoms with van der Waals surface area (Å²) in [5, 5.41) is 5.79. The van der Waals surface area contributed by atoms with Crippen molar-refractivity contribution in [1.29, 1.82) is 0 Å². The van der Waals surface area contributed by atoms with Gasteiger partial charge >= 0.3 is 6.03 Å². The fraction of sp³-hybridized carbons (Fsp3) is 0.562. The Kier molecular flexibility index (Phi) is 6.01. The number of aryl methyl sites for hydroxylation is 1. The Balaban J connectivity index is 1.69. The Morgan fingerprint density at radius 3 is 2.52 bits per heavy atom. The van der Waals surface area contributed by atoms with Crippen LogP contribution in [0.5, 0.6) is 0 Å². The number of amides is 2. The molecule has 2 N–H and O–H groups in total. The zero-order valence-electron chi connectivity index (χ0n) is 13.7. The number of urea groups is 1. The van der Waals surface area contributed by atoms with Crippen LogP contribution in [0.4, 0.5) is 4.79 Å². The molecule has 1 fully saturated rings. The summed E-state index contributed by atoms with van der Waals surface area (Å²) in [4.78, 5) is 11.9. The highest BCUT2D eigenvalue weighted by Crippen LogP contribution is 2.13. The van der Waals surface area contributed by atoms with Gasteiger partial charge in [0.05, 0.1) is 6.26 Å². The van der Waals surface area contributed by atoms with Gasteiger partial charge in [-0.05, 0) is 37.3 Å². The van der Waals surface area contributed by atoms with Crippen LogP contribution in [0.15, 0.2) is 24.3 Å². The van der Waals surface area contributed by atoms with Crippen LogP contribution in [0.1, 0.15) is 24.0 Å². The summed E-state index contributed by atoms with van der Waals surface area (Å²) in [6.07, 6.45) is 3.32. The van der Waals surface area contributed by atoms with Crippen LogP contribution >= 0.6 is 0 Å². The first-order valence-corrected chi connectivity index (χ1v) is 9.75. The van der Waals surface area contributed by atoms with Gasteiger partial charge in [-0.15, -0.1) is 0 Å². The van der Waals surface area contributed by atoms with Gasteiger partial charge in [-0.1, -0.05) is 24.3 Å². The minimum atomic E-state index is -3.12. The van der Waals surface area contributed by atoms with E-state index in [2.05, 4.69) is 29.7 Å². The van der Waals surface area contributed by atoms with Crippen LogP contribution in [0, 0.1) is 6.92 Å². The molecule has 1 aliphatic rings. The third-order valence-corrected chi connectivity index (χ3v) is 5.50. The largest absolute Gasteiger partial charge is 0.338 e. The Bertz CT molecular complexity index is 638. The van der Waals surface area contributed by atoms with E-state index >= 15 is 0 Å². The first-order valence-electron chi connectivity index (χ1n) is 7.90. The fourth-order valence-corrected chi connectivity index (χ4v) is 3.64. The number of nitrogens with one attached hydrogen (secondary N) is 2. The Morgan fingerprint density at radius 1 is 1.26 bits per heavy atom. The summed E-state index contributed by atoms with van der Waals surface area (Å²) in [5.74, 6) is 0. The first kappa shape index (κ1) is 17.7. The van der Waals surface area contributed by atoms with Gasteiger partial charge in [-0.25, -0.2) is 17.5 Å². The Labute approximate surface area is 138 Å². The number of sulfonamides is 1. The molecule has 7 heteroatoms. The summed E-state index contributed by atoms with van der Waals surface area (Å²) in [6, 6.07) is 7.98. The predicted octanol–water partition coefficient (Wildman–Crippen LogP) is 1.26. The highest BCUT2D eigenvalue weighted by molar-refractivity contribution is 7.88. The summed E-state index contributed by atoms with van der Waals surface area (Å²) >= 11 is 0. The highest BCUT2D eigenvalue weighted by Gasteiger charge is 2.25. The summed E-state index contributed by atoms with van der Waals surface area (Å²) in [7, 11) is -3.12. The number of hydrogen-bond donors (Lipinski definition) is 2. The lowest BCUT2D eigenvalue weighted by Crippen LogP contribution is -2.49. The van der Waals surface area contributed by atoms with Gasteiger partial charge in [0.15, 0.2) is 0 Å². The lowest BCUT2D eigenvalue weighted by atomic mass is 10.1. The molecular weight excluding hydrogens is 314 g/mol. The molecule has 2 rings (SSSR count). The first-order chi connectivity index (χ1) is 10.9. The van der Waals surface area contributed by atoms with Crippen molar-refractivity contribution < 1.29 is 13.2 Å². The van der Waals surface area contributed by atoms with Crippen molar-refractivity contribution in [1.82, 2.24) is 14.9 Å². The van der Waals surface area contributed by atoms with Crippen molar-refractivity contribution in [2.24, 2.45) is 0 Å². The van der Waals surface area contributed by atoms with Gasteiger partial charge in [-0.2, -0.15) is 0 Å². The molecule has 6 nitrogen and oxygen atoms in total. The quantitative estimate of drug-likeness (QED) is 0.848. The molecule has 0 radical (unpaired) electrons. The zero-order chi connectivity index (χ0) is 16.9. The van der Waals surface area contributed by atoms with E-state index in [1.807, 2.05) is 12.1 Å². The number of carbonyl (C=O) groups is 1. The molecule has 0 atom stereocenters. The molecular formula is C16H25N3O3S.